The van der Waals surface area contributed by atoms with E-state index in [1.165, 1.54) is 0 Å². The van der Waals surface area contributed by atoms with Gasteiger partial charge in [-0.05, 0) is 64.7 Å². The van der Waals surface area contributed by atoms with Crippen LogP contribution in [0.1, 0.15) is 0 Å². The van der Waals surface area contributed by atoms with Crippen LogP contribution in [0.4, 0.5) is 0 Å². The second-order valence-corrected chi connectivity index (χ2v) is 12.3. The van der Waals surface area contributed by atoms with Gasteiger partial charge in [-0.25, -0.2) is 19.9 Å². The minimum Gasteiger partial charge on any atom is -0.299 e. The van der Waals surface area contributed by atoms with E-state index >= 15 is 0 Å². The van der Waals surface area contributed by atoms with Gasteiger partial charge in [0.05, 0.1) is 11.4 Å². The van der Waals surface area contributed by atoms with Crippen LogP contribution in [0.3, 0.4) is 0 Å². The average molecular weight is 655 g/mol. The molecule has 51 heavy (non-hydrogen) atoms. The summed E-state index contributed by atoms with van der Waals surface area (Å²) < 4.78 is 2.16. The predicted molar refractivity (Wildman–Crippen MR) is 204 cm³/mol. The van der Waals surface area contributed by atoms with E-state index < -0.39 is 0 Å². The molecule has 4 heterocycles. The van der Waals surface area contributed by atoms with Gasteiger partial charge in [0, 0.05) is 46.4 Å². The molecule has 0 fully saturated rings. The molecular weight excluding hydrogens is 625 g/mol. The summed E-state index contributed by atoms with van der Waals surface area (Å²) in [5.41, 5.74) is 12.1. The number of imidazole rings is 1. The van der Waals surface area contributed by atoms with Crippen LogP contribution in [0.15, 0.2) is 182 Å². The molecule has 0 saturated carbocycles. The van der Waals surface area contributed by atoms with Gasteiger partial charge in [0.1, 0.15) is 5.65 Å². The Morgan fingerprint density at radius 2 is 0.804 bits per heavy atom. The molecule has 240 valence electrons. The maximum absolute atomic E-state index is 5.07. The number of hydrogen-bond donors (Lipinski definition) is 0. The summed E-state index contributed by atoms with van der Waals surface area (Å²) in [6.07, 6.45) is 5.71. The molecule has 0 bridgehead atoms. The highest BCUT2D eigenvalue weighted by atomic mass is 15.0. The van der Waals surface area contributed by atoms with Gasteiger partial charge < -0.3 is 0 Å². The zero-order valence-corrected chi connectivity index (χ0v) is 27.5. The number of benzene rings is 5. The van der Waals surface area contributed by atoms with Crippen LogP contribution in [-0.4, -0.2) is 29.3 Å². The van der Waals surface area contributed by atoms with Crippen molar-refractivity contribution in [1.82, 2.24) is 29.3 Å². The van der Waals surface area contributed by atoms with E-state index in [2.05, 4.69) is 82.3 Å². The number of nitrogens with zero attached hydrogens (tertiary/aromatic N) is 6. The molecular formula is C45H30N6. The summed E-state index contributed by atoms with van der Waals surface area (Å²) >= 11 is 0. The average Bonchev–Trinajstić information content (AvgIpc) is 3.62. The Bertz CT molecular complexity index is 2540. The quantitative estimate of drug-likeness (QED) is 0.171. The Morgan fingerprint density at radius 3 is 1.39 bits per heavy atom. The standard InChI is InChI=1S/C45H30N6/c1-4-12-34(13-5-1)42-41(47-40-18-10-11-27-51(40)42)33-21-19-31(20-22-33)37-28-38(32-23-25-46-26-24-32)30-39(29-37)45-49-43(35-14-6-2-7-15-35)48-44(50-45)36-16-8-3-9-17-36/h1-30H. The molecule has 0 saturated heterocycles. The number of aromatic nitrogens is 6. The van der Waals surface area contributed by atoms with Crippen LogP contribution in [0.2, 0.25) is 0 Å². The minimum absolute atomic E-state index is 0.605. The molecule has 0 aliphatic rings. The van der Waals surface area contributed by atoms with Crippen molar-refractivity contribution in [2.24, 2.45) is 0 Å². The second-order valence-electron chi connectivity index (χ2n) is 12.3. The van der Waals surface area contributed by atoms with Crippen LogP contribution >= 0.6 is 0 Å². The van der Waals surface area contributed by atoms with Gasteiger partial charge in [-0.1, -0.05) is 121 Å². The predicted octanol–water partition coefficient (Wildman–Crippen LogP) is 10.6. The molecule has 6 nitrogen and oxygen atoms in total. The van der Waals surface area contributed by atoms with Crippen LogP contribution in [0.5, 0.6) is 0 Å². The zero-order valence-electron chi connectivity index (χ0n) is 27.5. The van der Waals surface area contributed by atoms with Gasteiger partial charge in [-0.2, -0.15) is 0 Å². The maximum atomic E-state index is 5.07. The van der Waals surface area contributed by atoms with E-state index in [4.69, 9.17) is 19.9 Å². The first-order valence-electron chi connectivity index (χ1n) is 16.8. The van der Waals surface area contributed by atoms with Crippen molar-refractivity contribution in [3.63, 3.8) is 0 Å². The normalized spacial score (nSPS) is 11.1. The fourth-order valence-corrected chi connectivity index (χ4v) is 6.46. The van der Waals surface area contributed by atoms with E-state index in [1.807, 2.05) is 109 Å². The third-order valence-corrected chi connectivity index (χ3v) is 8.97. The first kappa shape index (κ1) is 30.0. The highest BCUT2D eigenvalue weighted by Crippen LogP contribution is 2.36. The van der Waals surface area contributed by atoms with Gasteiger partial charge in [-0.15, -0.1) is 0 Å². The fraction of sp³-hybridized carbons (Fsp3) is 0. The highest BCUT2D eigenvalue weighted by molar-refractivity contribution is 5.85. The van der Waals surface area contributed by atoms with Crippen molar-refractivity contribution in [3.05, 3.63) is 182 Å². The third kappa shape index (κ3) is 5.96. The lowest BCUT2D eigenvalue weighted by atomic mass is 9.95. The first-order valence-corrected chi connectivity index (χ1v) is 16.8. The molecule has 9 aromatic rings. The Hall–Kier alpha value is -7.05. The first-order chi connectivity index (χ1) is 25.3. The van der Waals surface area contributed by atoms with Crippen molar-refractivity contribution < 1.29 is 0 Å². The van der Waals surface area contributed by atoms with Crippen molar-refractivity contribution >= 4 is 5.65 Å². The Labute approximate surface area is 295 Å². The van der Waals surface area contributed by atoms with E-state index in [9.17, 15) is 0 Å². The summed E-state index contributed by atoms with van der Waals surface area (Å²) in [7, 11) is 0. The molecule has 0 atom stereocenters. The number of rotatable bonds is 7. The monoisotopic (exact) mass is 654 g/mol. The Balaban J connectivity index is 1.18. The highest BCUT2D eigenvalue weighted by Gasteiger charge is 2.17. The van der Waals surface area contributed by atoms with Crippen LogP contribution in [-0.2, 0) is 0 Å². The lowest BCUT2D eigenvalue weighted by molar-refractivity contribution is 1.07. The Kier molecular flexibility index (Phi) is 7.72. The molecule has 0 unspecified atom stereocenters. The summed E-state index contributed by atoms with van der Waals surface area (Å²) in [4.78, 5) is 24.3. The van der Waals surface area contributed by atoms with Crippen LogP contribution in [0.25, 0.3) is 84.6 Å². The molecule has 4 aromatic heterocycles. The molecule has 0 radical (unpaired) electrons. The number of hydrogen-bond acceptors (Lipinski definition) is 5. The largest absolute Gasteiger partial charge is 0.299 e. The van der Waals surface area contributed by atoms with Gasteiger partial charge >= 0.3 is 0 Å². The molecule has 0 aliphatic carbocycles. The van der Waals surface area contributed by atoms with Gasteiger partial charge in [0.15, 0.2) is 17.5 Å². The molecule has 0 spiro atoms. The van der Waals surface area contributed by atoms with Gasteiger partial charge in [0.25, 0.3) is 0 Å². The maximum Gasteiger partial charge on any atom is 0.164 e. The van der Waals surface area contributed by atoms with Gasteiger partial charge in [-0.3, -0.25) is 9.38 Å². The summed E-state index contributed by atoms with van der Waals surface area (Å²) in [5, 5.41) is 0. The van der Waals surface area contributed by atoms with Crippen LogP contribution in [0, 0.1) is 0 Å². The second kappa shape index (κ2) is 13.1. The SMILES string of the molecule is c1ccc(-c2nc(-c3ccccc3)nc(-c3cc(-c4ccncc4)cc(-c4ccc(-c5nc6ccccn6c5-c5ccccc5)cc4)c3)n2)cc1. The van der Waals surface area contributed by atoms with E-state index in [0.717, 1.165) is 67.1 Å². The lowest BCUT2D eigenvalue weighted by Gasteiger charge is -2.13. The molecule has 5 aromatic carbocycles. The van der Waals surface area contributed by atoms with E-state index in [1.54, 1.807) is 0 Å². The van der Waals surface area contributed by atoms with Gasteiger partial charge in [0.2, 0.25) is 0 Å². The molecule has 0 N–H and O–H groups in total. The van der Waals surface area contributed by atoms with Crippen molar-refractivity contribution in [2.75, 3.05) is 0 Å². The summed E-state index contributed by atoms with van der Waals surface area (Å²) in [6, 6.07) is 55.9. The molecule has 6 heteroatoms. The van der Waals surface area contributed by atoms with Crippen molar-refractivity contribution in [3.8, 4) is 78.9 Å². The van der Waals surface area contributed by atoms with Crippen molar-refractivity contribution in [1.29, 1.82) is 0 Å². The minimum atomic E-state index is 0.605. The zero-order chi connectivity index (χ0) is 34.0. The Morgan fingerprint density at radius 1 is 0.333 bits per heavy atom. The van der Waals surface area contributed by atoms with E-state index in [0.29, 0.717) is 17.5 Å². The van der Waals surface area contributed by atoms with E-state index in [-0.39, 0.29) is 0 Å². The summed E-state index contributed by atoms with van der Waals surface area (Å²) in [5.74, 6) is 1.86. The van der Waals surface area contributed by atoms with Crippen molar-refractivity contribution in [2.45, 2.75) is 0 Å². The smallest absolute Gasteiger partial charge is 0.164 e. The topological polar surface area (TPSA) is 68.9 Å². The molecule has 0 aliphatic heterocycles. The summed E-state index contributed by atoms with van der Waals surface area (Å²) in [6.45, 7) is 0. The molecule has 0 amide bonds. The van der Waals surface area contributed by atoms with Crippen LogP contribution < -0.4 is 0 Å². The lowest BCUT2D eigenvalue weighted by Crippen LogP contribution is -2.00. The number of pyridine rings is 2. The third-order valence-electron chi connectivity index (χ3n) is 8.97. The number of fused-ring (bicyclic) bond motifs is 1. The molecule has 9 rings (SSSR count). The fourth-order valence-electron chi connectivity index (χ4n) is 6.46.